The molecule has 3 nitrogen and oxygen atoms in total. The molecule has 0 spiro atoms. The molecule has 0 aromatic heterocycles. The summed E-state index contributed by atoms with van der Waals surface area (Å²) in [4.78, 5) is 20.0. The summed E-state index contributed by atoms with van der Waals surface area (Å²) in [6.07, 6.45) is 1.59. The van der Waals surface area contributed by atoms with E-state index < -0.39 is 0 Å². The maximum atomic E-state index is 11.4. The van der Waals surface area contributed by atoms with Crippen LogP contribution >= 0.6 is 0 Å². The van der Waals surface area contributed by atoms with E-state index in [2.05, 4.69) is 16.9 Å². The highest BCUT2D eigenvalue weighted by molar-refractivity contribution is 5.99. The van der Waals surface area contributed by atoms with Gasteiger partial charge < -0.3 is 0 Å². The predicted molar refractivity (Wildman–Crippen MR) is 65.7 cm³/mol. The Morgan fingerprint density at radius 1 is 0.941 bits per heavy atom. The number of carbonyl (C=O) groups is 1. The zero-order valence-corrected chi connectivity index (χ0v) is 10.0. The van der Waals surface area contributed by atoms with Gasteiger partial charge in [-0.1, -0.05) is 0 Å². The molecule has 84 valence electrons. The van der Waals surface area contributed by atoms with Crippen molar-refractivity contribution in [1.29, 1.82) is 0 Å². The first-order valence-corrected chi connectivity index (χ1v) is 5.59. The SMILES string of the molecule is CC1=CC(=O)N=c2ccc3c(c21)C(C)=C(C)N=3. The van der Waals surface area contributed by atoms with Gasteiger partial charge >= 0.3 is 0 Å². The lowest BCUT2D eigenvalue weighted by Gasteiger charge is -2.11. The van der Waals surface area contributed by atoms with E-state index in [9.17, 15) is 4.79 Å². The molecule has 0 bridgehead atoms. The zero-order chi connectivity index (χ0) is 12.2. The molecule has 1 aromatic rings. The highest BCUT2D eigenvalue weighted by Gasteiger charge is 2.19. The van der Waals surface area contributed by atoms with E-state index in [0.717, 1.165) is 33.1 Å². The van der Waals surface area contributed by atoms with E-state index in [1.807, 2.05) is 26.0 Å². The summed E-state index contributed by atoms with van der Waals surface area (Å²) < 4.78 is 0. The standard InChI is InChI=1S/C14H12N2O/c1-7-6-12(17)16-10-4-5-11-14(13(7)10)8(2)9(3)15-11/h4-6H,1-3H3. The van der Waals surface area contributed by atoms with Gasteiger partial charge in [0.25, 0.3) is 5.91 Å². The molecule has 17 heavy (non-hydrogen) atoms. The Morgan fingerprint density at radius 2 is 1.59 bits per heavy atom. The first kappa shape index (κ1) is 10.1. The average Bonchev–Trinajstić information content (AvgIpc) is 2.55. The molecule has 2 aliphatic heterocycles. The van der Waals surface area contributed by atoms with Gasteiger partial charge in [-0.3, -0.25) is 9.79 Å². The van der Waals surface area contributed by atoms with Crippen LogP contribution in [0.1, 0.15) is 31.9 Å². The smallest absolute Gasteiger partial charge is 0.267 e. The van der Waals surface area contributed by atoms with Crippen molar-refractivity contribution in [2.24, 2.45) is 9.98 Å². The molecule has 3 rings (SSSR count). The fourth-order valence-electron chi connectivity index (χ4n) is 2.40. The molecule has 2 heterocycles. The number of benzene rings is 1. The minimum absolute atomic E-state index is 0.178. The minimum Gasteiger partial charge on any atom is -0.267 e. The van der Waals surface area contributed by atoms with E-state index in [1.165, 1.54) is 5.57 Å². The largest absolute Gasteiger partial charge is 0.270 e. The molecule has 0 aliphatic carbocycles. The summed E-state index contributed by atoms with van der Waals surface area (Å²) >= 11 is 0. The Bertz CT molecular complexity index is 736. The van der Waals surface area contributed by atoms with Gasteiger partial charge in [-0.15, -0.1) is 0 Å². The number of hydrogen-bond donors (Lipinski definition) is 0. The summed E-state index contributed by atoms with van der Waals surface area (Å²) in [6.45, 7) is 6.02. The highest BCUT2D eigenvalue weighted by Crippen LogP contribution is 2.26. The summed E-state index contributed by atoms with van der Waals surface area (Å²) in [7, 11) is 0. The van der Waals surface area contributed by atoms with Crippen LogP contribution in [0.25, 0.3) is 11.1 Å². The van der Waals surface area contributed by atoms with E-state index in [4.69, 9.17) is 0 Å². The monoisotopic (exact) mass is 224 g/mol. The Kier molecular flexibility index (Phi) is 1.93. The van der Waals surface area contributed by atoms with E-state index in [0.29, 0.717) is 0 Å². The third-order valence-corrected chi connectivity index (χ3v) is 3.33. The molecule has 2 aliphatic rings. The molecular formula is C14H12N2O. The number of hydrogen-bond acceptors (Lipinski definition) is 2. The molecule has 0 radical (unpaired) electrons. The topological polar surface area (TPSA) is 41.8 Å². The van der Waals surface area contributed by atoms with Crippen molar-refractivity contribution in [3.8, 4) is 0 Å². The summed E-state index contributed by atoms with van der Waals surface area (Å²) in [5.41, 5.74) is 5.37. The number of amides is 1. The number of fused-ring (bicyclic) bond motifs is 3. The average molecular weight is 224 g/mol. The Hall–Kier alpha value is -2.03. The number of allylic oxidation sites excluding steroid dienone is 3. The Morgan fingerprint density at radius 3 is 2.29 bits per heavy atom. The van der Waals surface area contributed by atoms with Crippen LogP contribution in [0.3, 0.4) is 0 Å². The summed E-state index contributed by atoms with van der Waals surface area (Å²) in [6, 6.07) is 3.81. The van der Waals surface area contributed by atoms with Crippen molar-refractivity contribution >= 4 is 17.1 Å². The van der Waals surface area contributed by atoms with Gasteiger partial charge in [0.15, 0.2) is 0 Å². The first-order valence-electron chi connectivity index (χ1n) is 5.59. The maximum Gasteiger partial charge on any atom is 0.270 e. The molecule has 1 amide bonds. The van der Waals surface area contributed by atoms with Gasteiger partial charge in [-0.2, -0.15) is 0 Å². The van der Waals surface area contributed by atoms with Gasteiger partial charge in [-0.25, -0.2) is 4.99 Å². The third-order valence-electron chi connectivity index (χ3n) is 3.33. The minimum atomic E-state index is -0.178. The van der Waals surface area contributed by atoms with Crippen molar-refractivity contribution in [3.63, 3.8) is 0 Å². The van der Waals surface area contributed by atoms with Crippen molar-refractivity contribution in [1.82, 2.24) is 0 Å². The molecule has 0 saturated carbocycles. The normalized spacial score (nSPS) is 17.1. The van der Waals surface area contributed by atoms with Gasteiger partial charge in [0.05, 0.1) is 10.7 Å². The lowest BCUT2D eigenvalue weighted by molar-refractivity contribution is -0.113. The fourth-order valence-corrected chi connectivity index (χ4v) is 2.40. The lowest BCUT2D eigenvalue weighted by atomic mass is 9.93. The molecule has 1 aromatic carbocycles. The zero-order valence-electron chi connectivity index (χ0n) is 10.0. The fraction of sp³-hybridized carbons (Fsp3) is 0.214. The number of nitrogens with zero attached hydrogens (tertiary/aromatic N) is 2. The van der Waals surface area contributed by atoms with E-state index >= 15 is 0 Å². The molecular weight excluding hydrogens is 212 g/mol. The molecule has 0 fully saturated rings. The Balaban J connectivity index is 2.48. The van der Waals surface area contributed by atoms with Crippen molar-refractivity contribution < 1.29 is 4.79 Å². The van der Waals surface area contributed by atoms with E-state index in [-0.39, 0.29) is 5.91 Å². The van der Waals surface area contributed by atoms with Crippen molar-refractivity contribution in [2.45, 2.75) is 20.8 Å². The second kappa shape index (κ2) is 3.23. The quantitative estimate of drug-likeness (QED) is 0.660. The van der Waals surface area contributed by atoms with Gasteiger partial charge in [0, 0.05) is 22.9 Å². The third kappa shape index (κ3) is 1.32. The van der Waals surface area contributed by atoms with Crippen LogP contribution in [0, 0.1) is 0 Å². The molecule has 0 N–H and O–H groups in total. The highest BCUT2D eigenvalue weighted by atomic mass is 16.1. The number of carbonyl (C=O) groups excluding carboxylic acids is 1. The van der Waals surface area contributed by atoms with Crippen LogP contribution in [0.4, 0.5) is 0 Å². The maximum absolute atomic E-state index is 11.4. The van der Waals surface area contributed by atoms with Gasteiger partial charge in [0.2, 0.25) is 0 Å². The lowest BCUT2D eigenvalue weighted by Crippen LogP contribution is -2.22. The second-order valence-electron chi connectivity index (χ2n) is 4.45. The summed E-state index contributed by atoms with van der Waals surface area (Å²) in [5, 5.41) is 1.74. The summed E-state index contributed by atoms with van der Waals surface area (Å²) in [5.74, 6) is -0.178. The molecule has 0 atom stereocenters. The van der Waals surface area contributed by atoms with E-state index in [1.54, 1.807) is 6.08 Å². The van der Waals surface area contributed by atoms with Gasteiger partial charge in [0.1, 0.15) is 0 Å². The predicted octanol–water partition coefficient (Wildman–Crippen LogP) is 1.63. The second-order valence-corrected chi connectivity index (χ2v) is 4.45. The van der Waals surface area contributed by atoms with Crippen LogP contribution in [0.5, 0.6) is 0 Å². The van der Waals surface area contributed by atoms with Crippen LogP contribution in [-0.4, -0.2) is 5.91 Å². The Labute approximate surface area is 98.9 Å². The van der Waals surface area contributed by atoms with Crippen LogP contribution in [0.2, 0.25) is 0 Å². The first-order chi connectivity index (χ1) is 8.08. The van der Waals surface area contributed by atoms with Gasteiger partial charge in [-0.05, 0) is 44.1 Å². The van der Waals surface area contributed by atoms with Crippen LogP contribution in [-0.2, 0) is 4.79 Å². The molecule has 0 unspecified atom stereocenters. The number of rotatable bonds is 0. The molecule has 3 heteroatoms. The van der Waals surface area contributed by atoms with Crippen molar-refractivity contribution in [3.05, 3.63) is 45.7 Å². The van der Waals surface area contributed by atoms with Crippen LogP contribution < -0.4 is 10.7 Å². The van der Waals surface area contributed by atoms with Crippen molar-refractivity contribution in [2.75, 3.05) is 0 Å². The molecule has 0 saturated heterocycles. The van der Waals surface area contributed by atoms with Crippen LogP contribution in [0.15, 0.2) is 33.9 Å².